The van der Waals surface area contributed by atoms with Crippen LogP contribution in [0.25, 0.3) is 0 Å². The lowest BCUT2D eigenvalue weighted by molar-refractivity contribution is -0.112. The van der Waals surface area contributed by atoms with Crippen LogP contribution in [0.4, 0.5) is 11.4 Å². The minimum absolute atomic E-state index is 0.0917. The molecule has 0 unspecified atom stereocenters. The number of anilines is 2. The van der Waals surface area contributed by atoms with Gasteiger partial charge in [-0.05, 0) is 37.6 Å². The van der Waals surface area contributed by atoms with E-state index in [-0.39, 0.29) is 5.57 Å². The molecule has 0 aromatic heterocycles. The number of aryl methyl sites for hydroxylation is 2. The Hall–Kier alpha value is -2.48. The van der Waals surface area contributed by atoms with Gasteiger partial charge in [0.1, 0.15) is 11.6 Å². The van der Waals surface area contributed by atoms with Crippen molar-refractivity contribution in [3.63, 3.8) is 0 Å². The highest BCUT2D eigenvalue weighted by atomic mass is 35.5. The molecule has 2 N–H and O–H groups in total. The van der Waals surface area contributed by atoms with Gasteiger partial charge in [0.05, 0.1) is 15.7 Å². The van der Waals surface area contributed by atoms with Crippen molar-refractivity contribution in [2.45, 2.75) is 13.8 Å². The first-order valence-corrected chi connectivity index (χ1v) is 7.87. The van der Waals surface area contributed by atoms with E-state index >= 15 is 0 Å². The topological polar surface area (TPSA) is 64.9 Å². The lowest BCUT2D eigenvalue weighted by Gasteiger charge is -2.09. The molecular weight excluding hydrogens is 345 g/mol. The third-order valence-corrected chi connectivity index (χ3v) is 3.95. The monoisotopic (exact) mass is 359 g/mol. The maximum Gasteiger partial charge on any atom is 0.267 e. The SMILES string of the molecule is Cc1ccc(NC(=O)/C(C#N)=C\Nc2c(Cl)cccc2Cl)c(C)c1. The second-order valence-corrected chi connectivity index (χ2v) is 6.00. The molecule has 0 aliphatic carbocycles. The predicted octanol–water partition coefficient (Wildman–Crippen LogP) is 5.07. The highest BCUT2D eigenvalue weighted by Gasteiger charge is 2.12. The quantitative estimate of drug-likeness (QED) is 0.591. The summed E-state index contributed by atoms with van der Waals surface area (Å²) in [5.41, 5.74) is 3.01. The Bertz CT molecular complexity index is 834. The zero-order chi connectivity index (χ0) is 17.7. The number of nitrogens with one attached hydrogen (secondary N) is 2. The number of carbonyl (C=O) groups is 1. The Morgan fingerprint density at radius 2 is 1.83 bits per heavy atom. The summed E-state index contributed by atoms with van der Waals surface area (Å²) >= 11 is 12.1. The maximum atomic E-state index is 12.3. The van der Waals surface area contributed by atoms with Gasteiger partial charge in [0, 0.05) is 11.9 Å². The van der Waals surface area contributed by atoms with Crippen LogP contribution in [0.2, 0.25) is 10.0 Å². The number of benzene rings is 2. The van der Waals surface area contributed by atoms with E-state index in [1.54, 1.807) is 24.3 Å². The van der Waals surface area contributed by atoms with Crippen molar-refractivity contribution in [2.24, 2.45) is 0 Å². The minimum Gasteiger partial charge on any atom is -0.358 e. The lowest BCUT2D eigenvalue weighted by atomic mass is 10.1. The fourth-order valence-corrected chi connectivity index (χ4v) is 2.58. The number of halogens is 2. The number of rotatable bonds is 4. The van der Waals surface area contributed by atoms with Crippen LogP contribution in [-0.2, 0) is 4.79 Å². The summed E-state index contributed by atoms with van der Waals surface area (Å²) in [6.45, 7) is 3.86. The van der Waals surface area contributed by atoms with E-state index < -0.39 is 5.91 Å². The molecule has 2 aromatic carbocycles. The zero-order valence-corrected chi connectivity index (χ0v) is 14.7. The van der Waals surface area contributed by atoms with Crippen molar-refractivity contribution in [1.29, 1.82) is 5.26 Å². The van der Waals surface area contributed by atoms with Gasteiger partial charge >= 0.3 is 0 Å². The second-order valence-electron chi connectivity index (χ2n) is 5.18. The number of hydrogen-bond acceptors (Lipinski definition) is 3. The van der Waals surface area contributed by atoms with Crippen LogP contribution in [0.5, 0.6) is 0 Å². The molecule has 4 nitrogen and oxygen atoms in total. The first-order valence-electron chi connectivity index (χ1n) is 7.12. The van der Waals surface area contributed by atoms with Gasteiger partial charge in [-0.25, -0.2) is 0 Å². The highest BCUT2D eigenvalue weighted by molar-refractivity contribution is 6.39. The molecule has 0 aliphatic rings. The van der Waals surface area contributed by atoms with Crippen LogP contribution in [0.3, 0.4) is 0 Å². The van der Waals surface area contributed by atoms with Gasteiger partial charge in [0.25, 0.3) is 5.91 Å². The average Bonchev–Trinajstić information content (AvgIpc) is 2.53. The molecule has 24 heavy (non-hydrogen) atoms. The molecule has 0 radical (unpaired) electrons. The van der Waals surface area contributed by atoms with E-state index in [2.05, 4.69) is 10.6 Å². The van der Waals surface area contributed by atoms with Crippen molar-refractivity contribution in [3.8, 4) is 6.07 Å². The van der Waals surface area contributed by atoms with Gasteiger partial charge in [-0.1, -0.05) is 47.0 Å². The summed E-state index contributed by atoms with van der Waals surface area (Å²) in [7, 11) is 0. The molecule has 1 amide bonds. The number of hydrogen-bond donors (Lipinski definition) is 2. The van der Waals surface area contributed by atoms with E-state index in [9.17, 15) is 10.1 Å². The van der Waals surface area contributed by atoms with E-state index in [0.717, 1.165) is 11.1 Å². The Balaban J connectivity index is 2.18. The highest BCUT2D eigenvalue weighted by Crippen LogP contribution is 2.30. The summed E-state index contributed by atoms with van der Waals surface area (Å²) in [6, 6.07) is 12.5. The minimum atomic E-state index is -0.514. The van der Waals surface area contributed by atoms with Gasteiger partial charge in [-0.15, -0.1) is 0 Å². The molecule has 2 rings (SSSR count). The van der Waals surface area contributed by atoms with Crippen LogP contribution in [0, 0.1) is 25.2 Å². The molecule has 2 aromatic rings. The van der Waals surface area contributed by atoms with Crippen LogP contribution in [0.1, 0.15) is 11.1 Å². The molecule has 0 bridgehead atoms. The molecule has 122 valence electrons. The number of nitriles is 1. The van der Waals surface area contributed by atoms with Gasteiger partial charge in [0.15, 0.2) is 0 Å². The number of amides is 1. The summed E-state index contributed by atoms with van der Waals surface area (Å²) < 4.78 is 0. The fraction of sp³-hybridized carbons (Fsp3) is 0.111. The van der Waals surface area contributed by atoms with Crippen LogP contribution in [0.15, 0.2) is 48.2 Å². The van der Waals surface area contributed by atoms with Crippen molar-refractivity contribution in [2.75, 3.05) is 10.6 Å². The maximum absolute atomic E-state index is 12.3. The van der Waals surface area contributed by atoms with Gasteiger partial charge in [0.2, 0.25) is 0 Å². The molecule has 0 fully saturated rings. The number of carbonyl (C=O) groups excluding carboxylic acids is 1. The third kappa shape index (κ3) is 4.29. The normalized spacial score (nSPS) is 10.9. The van der Waals surface area contributed by atoms with Crippen LogP contribution < -0.4 is 10.6 Å². The van der Waals surface area contributed by atoms with Crippen molar-refractivity contribution >= 4 is 40.5 Å². The Morgan fingerprint density at radius 3 is 2.42 bits per heavy atom. The van der Waals surface area contributed by atoms with Crippen molar-refractivity contribution in [1.82, 2.24) is 0 Å². The molecule has 0 spiro atoms. The molecule has 0 aliphatic heterocycles. The molecule has 0 saturated carbocycles. The third-order valence-electron chi connectivity index (χ3n) is 3.32. The van der Waals surface area contributed by atoms with E-state index in [1.165, 1.54) is 6.20 Å². The summed E-state index contributed by atoms with van der Waals surface area (Å²) in [4.78, 5) is 12.3. The standard InChI is InChI=1S/C18H15Cl2N3O/c1-11-6-7-16(12(2)8-11)23-18(24)13(9-21)10-22-17-14(19)4-3-5-15(17)20/h3-8,10,22H,1-2H3,(H,23,24)/b13-10-. The van der Waals surface area contributed by atoms with Gasteiger partial charge in [-0.2, -0.15) is 5.26 Å². The van der Waals surface area contributed by atoms with Gasteiger partial charge in [-0.3, -0.25) is 4.79 Å². The summed E-state index contributed by atoms with van der Waals surface area (Å²) in [5.74, 6) is -0.514. The number of para-hydroxylation sites is 1. The average molecular weight is 360 g/mol. The van der Waals surface area contributed by atoms with Crippen molar-refractivity contribution in [3.05, 3.63) is 69.3 Å². The van der Waals surface area contributed by atoms with Crippen LogP contribution in [-0.4, -0.2) is 5.91 Å². The smallest absolute Gasteiger partial charge is 0.267 e. The predicted molar refractivity (Wildman–Crippen MR) is 98.3 cm³/mol. The molecular formula is C18H15Cl2N3O. The van der Waals surface area contributed by atoms with Crippen molar-refractivity contribution < 1.29 is 4.79 Å². The van der Waals surface area contributed by atoms with Gasteiger partial charge < -0.3 is 10.6 Å². The Morgan fingerprint density at radius 1 is 1.17 bits per heavy atom. The first kappa shape index (κ1) is 17.9. The largest absolute Gasteiger partial charge is 0.358 e. The molecule has 0 saturated heterocycles. The molecule has 0 atom stereocenters. The Kier molecular flexibility index (Phi) is 5.86. The molecule has 6 heteroatoms. The Labute approximate surface area is 150 Å². The van der Waals surface area contributed by atoms with E-state index in [4.69, 9.17) is 23.2 Å². The second kappa shape index (κ2) is 7.87. The summed E-state index contributed by atoms with van der Waals surface area (Å²) in [5, 5.41) is 15.5. The van der Waals surface area contributed by atoms with Crippen LogP contribution >= 0.6 is 23.2 Å². The van der Waals surface area contributed by atoms with E-state index in [0.29, 0.717) is 21.4 Å². The first-order chi connectivity index (χ1) is 11.4. The molecule has 0 heterocycles. The summed E-state index contributed by atoms with van der Waals surface area (Å²) in [6.07, 6.45) is 1.28. The lowest BCUT2D eigenvalue weighted by Crippen LogP contribution is -2.15. The fourth-order valence-electron chi connectivity index (χ4n) is 2.07. The number of nitrogens with zero attached hydrogens (tertiary/aromatic N) is 1. The van der Waals surface area contributed by atoms with E-state index in [1.807, 2.05) is 32.0 Å². The zero-order valence-electron chi connectivity index (χ0n) is 13.2.